The van der Waals surface area contributed by atoms with Gasteiger partial charge in [-0.15, -0.1) is 13.2 Å². The third-order valence-corrected chi connectivity index (χ3v) is 4.59. The minimum absolute atomic E-state index is 0.379. The second-order valence-electron chi connectivity index (χ2n) is 6.46. The summed E-state index contributed by atoms with van der Waals surface area (Å²) in [7, 11) is 0. The van der Waals surface area contributed by atoms with Crippen molar-refractivity contribution in [3.63, 3.8) is 0 Å². The van der Waals surface area contributed by atoms with E-state index < -0.39 is 0 Å². The summed E-state index contributed by atoms with van der Waals surface area (Å²) < 4.78 is 0. The van der Waals surface area contributed by atoms with E-state index in [1.54, 1.807) is 0 Å². The Bertz CT molecular complexity index is 508. The van der Waals surface area contributed by atoms with Crippen molar-refractivity contribution < 1.29 is 0 Å². The molecule has 23 heavy (non-hydrogen) atoms. The van der Waals surface area contributed by atoms with Crippen LogP contribution in [0.25, 0.3) is 0 Å². The molecule has 0 saturated carbocycles. The van der Waals surface area contributed by atoms with Gasteiger partial charge in [-0.2, -0.15) is 0 Å². The fourth-order valence-electron chi connectivity index (χ4n) is 3.41. The fourth-order valence-corrected chi connectivity index (χ4v) is 3.41. The molecule has 1 unspecified atom stereocenters. The van der Waals surface area contributed by atoms with Crippen LogP contribution in [0, 0.1) is 13.8 Å². The van der Waals surface area contributed by atoms with Gasteiger partial charge >= 0.3 is 0 Å². The monoisotopic (exact) mass is 313 g/mol. The van der Waals surface area contributed by atoms with Crippen LogP contribution in [-0.4, -0.2) is 55.6 Å². The molecule has 1 fully saturated rings. The first-order valence-electron chi connectivity index (χ1n) is 8.61. The van der Waals surface area contributed by atoms with E-state index >= 15 is 0 Å². The van der Waals surface area contributed by atoms with Gasteiger partial charge in [0.25, 0.3) is 0 Å². The van der Waals surface area contributed by atoms with Gasteiger partial charge in [-0.3, -0.25) is 9.80 Å². The van der Waals surface area contributed by atoms with Crippen LogP contribution in [0.5, 0.6) is 0 Å². The van der Waals surface area contributed by atoms with E-state index in [1.165, 1.54) is 16.7 Å². The van der Waals surface area contributed by atoms with Gasteiger partial charge in [-0.25, -0.2) is 0 Å². The summed E-state index contributed by atoms with van der Waals surface area (Å²) >= 11 is 0. The largest absolute Gasteiger partial charge is 0.314 e. The summed E-state index contributed by atoms with van der Waals surface area (Å²) in [4.78, 5) is 5.04. The standard InChI is InChI=1S/C20H31N3/c1-5-11-23(12-6-2)20(16-22-13-9-21-10-14-22)19-8-7-17(3)15-18(19)4/h5-8,15,20-21H,1-2,9-14,16H2,3-4H3. The Hall–Kier alpha value is -1.42. The summed E-state index contributed by atoms with van der Waals surface area (Å²) in [6, 6.07) is 7.20. The highest BCUT2D eigenvalue weighted by Crippen LogP contribution is 2.26. The zero-order valence-corrected chi connectivity index (χ0v) is 14.7. The molecule has 0 spiro atoms. The number of benzene rings is 1. The molecule has 1 aromatic carbocycles. The fraction of sp³-hybridized carbons (Fsp3) is 0.500. The van der Waals surface area contributed by atoms with Crippen LogP contribution in [0.3, 0.4) is 0 Å². The third kappa shape index (κ3) is 5.03. The summed E-state index contributed by atoms with van der Waals surface area (Å²) in [5, 5.41) is 3.44. The van der Waals surface area contributed by atoms with Crippen molar-refractivity contribution >= 4 is 0 Å². The Morgan fingerprint density at radius 3 is 2.39 bits per heavy atom. The molecule has 1 aliphatic heterocycles. The molecule has 0 amide bonds. The summed E-state index contributed by atoms with van der Waals surface area (Å²) in [6.07, 6.45) is 4.00. The van der Waals surface area contributed by atoms with Crippen molar-refractivity contribution in [2.24, 2.45) is 0 Å². The predicted octanol–water partition coefficient (Wildman–Crippen LogP) is 2.92. The minimum atomic E-state index is 0.379. The molecule has 0 radical (unpaired) electrons. The van der Waals surface area contributed by atoms with Gasteiger partial charge < -0.3 is 5.32 Å². The van der Waals surface area contributed by atoms with Crippen molar-refractivity contribution in [2.45, 2.75) is 19.9 Å². The number of piperazine rings is 1. The van der Waals surface area contributed by atoms with Gasteiger partial charge in [-0.1, -0.05) is 35.9 Å². The summed E-state index contributed by atoms with van der Waals surface area (Å²) in [5.41, 5.74) is 4.13. The molecule has 3 nitrogen and oxygen atoms in total. The summed E-state index contributed by atoms with van der Waals surface area (Å²) in [5.74, 6) is 0. The maximum atomic E-state index is 3.94. The van der Waals surface area contributed by atoms with E-state index in [9.17, 15) is 0 Å². The lowest BCUT2D eigenvalue weighted by Gasteiger charge is -2.37. The van der Waals surface area contributed by atoms with E-state index in [1.807, 2.05) is 12.2 Å². The van der Waals surface area contributed by atoms with Gasteiger partial charge in [-0.05, 0) is 25.0 Å². The van der Waals surface area contributed by atoms with Crippen LogP contribution in [0.4, 0.5) is 0 Å². The van der Waals surface area contributed by atoms with E-state index in [4.69, 9.17) is 0 Å². The van der Waals surface area contributed by atoms with Gasteiger partial charge in [0.15, 0.2) is 0 Å². The minimum Gasteiger partial charge on any atom is -0.314 e. The zero-order valence-electron chi connectivity index (χ0n) is 14.7. The molecule has 1 aliphatic rings. The first kappa shape index (κ1) is 17.9. The van der Waals surface area contributed by atoms with Crippen molar-refractivity contribution in [1.29, 1.82) is 0 Å². The molecular formula is C20H31N3. The van der Waals surface area contributed by atoms with Crippen LogP contribution in [0.15, 0.2) is 43.5 Å². The molecule has 126 valence electrons. The maximum absolute atomic E-state index is 3.94. The number of rotatable bonds is 8. The molecule has 2 rings (SSSR count). The van der Waals surface area contributed by atoms with Crippen molar-refractivity contribution in [2.75, 3.05) is 45.8 Å². The van der Waals surface area contributed by atoms with Gasteiger partial charge in [0.2, 0.25) is 0 Å². The topological polar surface area (TPSA) is 18.5 Å². The number of aryl methyl sites for hydroxylation is 2. The number of nitrogens with one attached hydrogen (secondary N) is 1. The molecule has 1 N–H and O–H groups in total. The molecule has 0 aromatic heterocycles. The number of nitrogens with zero attached hydrogens (tertiary/aromatic N) is 2. The molecular weight excluding hydrogens is 282 g/mol. The Morgan fingerprint density at radius 2 is 1.83 bits per heavy atom. The highest BCUT2D eigenvalue weighted by molar-refractivity contribution is 5.33. The zero-order chi connectivity index (χ0) is 16.7. The van der Waals surface area contributed by atoms with E-state index in [0.717, 1.165) is 45.8 Å². The van der Waals surface area contributed by atoms with Crippen molar-refractivity contribution in [1.82, 2.24) is 15.1 Å². The van der Waals surface area contributed by atoms with Crippen LogP contribution in [0.1, 0.15) is 22.7 Å². The maximum Gasteiger partial charge on any atom is 0.0484 e. The van der Waals surface area contributed by atoms with Gasteiger partial charge in [0.05, 0.1) is 0 Å². The van der Waals surface area contributed by atoms with E-state index in [-0.39, 0.29) is 0 Å². The quantitative estimate of drug-likeness (QED) is 0.745. The highest BCUT2D eigenvalue weighted by atomic mass is 15.2. The smallest absolute Gasteiger partial charge is 0.0484 e. The van der Waals surface area contributed by atoms with Gasteiger partial charge in [0, 0.05) is 51.9 Å². The van der Waals surface area contributed by atoms with Crippen LogP contribution >= 0.6 is 0 Å². The average molecular weight is 313 g/mol. The highest BCUT2D eigenvalue weighted by Gasteiger charge is 2.24. The molecule has 0 bridgehead atoms. The van der Waals surface area contributed by atoms with Crippen LogP contribution in [-0.2, 0) is 0 Å². The Balaban J connectivity index is 2.27. The predicted molar refractivity (Wildman–Crippen MR) is 99.9 cm³/mol. The van der Waals surface area contributed by atoms with E-state index in [0.29, 0.717) is 6.04 Å². The molecule has 0 aliphatic carbocycles. The molecule has 1 atom stereocenters. The lowest BCUT2D eigenvalue weighted by Crippen LogP contribution is -2.47. The normalized spacial score (nSPS) is 17.2. The lowest BCUT2D eigenvalue weighted by atomic mass is 9.97. The molecule has 1 aromatic rings. The van der Waals surface area contributed by atoms with Crippen LogP contribution in [0.2, 0.25) is 0 Å². The first-order chi connectivity index (χ1) is 11.2. The molecule has 1 heterocycles. The molecule has 1 saturated heterocycles. The average Bonchev–Trinajstić information content (AvgIpc) is 2.54. The van der Waals surface area contributed by atoms with Crippen molar-refractivity contribution in [3.8, 4) is 0 Å². The van der Waals surface area contributed by atoms with Crippen molar-refractivity contribution in [3.05, 3.63) is 60.2 Å². The second kappa shape index (κ2) is 9.02. The SMILES string of the molecule is C=CCN(CC=C)C(CN1CCNCC1)c1ccc(C)cc1C. The summed E-state index contributed by atoms with van der Waals surface area (Å²) in [6.45, 7) is 19.5. The number of hydrogen-bond acceptors (Lipinski definition) is 3. The Labute approximate surface area is 141 Å². The molecule has 3 heteroatoms. The number of hydrogen-bond donors (Lipinski definition) is 1. The Morgan fingerprint density at radius 1 is 1.17 bits per heavy atom. The van der Waals surface area contributed by atoms with E-state index in [2.05, 4.69) is 60.3 Å². The second-order valence-corrected chi connectivity index (χ2v) is 6.46. The third-order valence-electron chi connectivity index (χ3n) is 4.59. The van der Waals surface area contributed by atoms with Crippen LogP contribution < -0.4 is 5.32 Å². The van der Waals surface area contributed by atoms with Gasteiger partial charge in [0.1, 0.15) is 0 Å². The Kier molecular flexibility index (Phi) is 7.03. The first-order valence-corrected chi connectivity index (χ1v) is 8.61. The lowest BCUT2D eigenvalue weighted by molar-refractivity contribution is 0.148.